The van der Waals surface area contributed by atoms with Crippen LogP contribution in [0.3, 0.4) is 0 Å². The van der Waals surface area contributed by atoms with Gasteiger partial charge in [0.15, 0.2) is 0 Å². The van der Waals surface area contributed by atoms with Crippen LogP contribution in [0.5, 0.6) is 0 Å². The number of anilines is 1. The normalized spacial score (nSPS) is 10.7. The fourth-order valence-corrected chi connectivity index (χ4v) is 2.20. The minimum atomic E-state index is 0.604. The molecule has 4 heteroatoms. The van der Waals surface area contributed by atoms with Crippen LogP contribution < -0.4 is 5.32 Å². The van der Waals surface area contributed by atoms with Gasteiger partial charge in [0.2, 0.25) is 0 Å². The highest BCUT2D eigenvalue weighted by Gasteiger charge is 2.08. The molecule has 0 unspecified atom stereocenters. The first kappa shape index (κ1) is 10.5. The topological polar surface area (TPSA) is 24.9 Å². The molecule has 2 aromatic rings. The van der Waals surface area contributed by atoms with E-state index in [4.69, 9.17) is 23.2 Å². The fourth-order valence-electron chi connectivity index (χ4n) is 1.62. The first-order chi connectivity index (χ1) is 7.11. The Balaban J connectivity index is 2.90. The van der Waals surface area contributed by atoms with E-state index in [1.54, 1.807) is 6.07 Å². The summed E-state index contributed by atoms with van der Waals surface area (Å²) in [5.41, 5.74) is 2.72. The molecule has 0 saturated heterocycles. The Labute approximate surface area is 98.2 Å². The predicted molar refractivity (Wildman–Crippen MR) is 66.0 cm³/mol. The fraction of sp³-hybridized carbons (Fsp3) is 0.182. The number of fused-ring (bicyclic) bond motifs is 1. The predicted octanol–water partition coefficient (Wildman–Crippen LogP) is 3.89. The Morgan fingerprint density at radius 1 is 1.20 bits per heavy atom. The Bertz CT molecular complexity index is 518. The van der Waals surface area contributed by atoms with E-state index >= 15 is 0 Å². The van der Waals surface area contributed by atoms with Crippen LogP contribution in [0.4, 0.5) is 5.69 Å². The first-order valence-electron chi connectivity index (χ1n) is 4.56. The number of benzene rings is 1. The van der Waals surface area contributed by atoms with E-state index in [-0.39, 0.29) is 0 Å². The van der Waals surface area contributed by atoms with Crippen molar-refractivity contribution in [1.82, 2.24) is 4.98 Å². The van der Waals surface area contributed by atoms with Gasteiger partial charge in [-0.25, -0.2) is 0 Å². The highest BCUT2D eigenvalue weighted by Crippen LogP contribution is 2.32. The number of nitrogens with one attached hydrogen (secondary N) is 1. The van der Waals surface area contributed by atoms with Crippen molar-refractivity contribution in [2.24, 2.45) is 0 Å². The zero-order valence-electron chi connectivity index (χ0n) is 8.44. The summed E-state index contributed by atoms with van der Waals surface area (Å²) in [5.74, 6) is 0. The van der Waals surface area contributed by atoms with E-state index in [0.29, 0.717) is 10.0 Å². The smallest absolute Gasteiger partial charge is 0.0755 e. The number of hydrogen-bond acceptors (Lipinski definition) is 2. The molecule has 1 aromatic heterocycles. The third-order valence-electron chi connectivity index (χ3n) is 2.22. The Hall–Kier alpha value is -0.990. The van der Waals surface area contributed by atoms with Crippen LogP contribution in [0.25, 0.3) is 10.9 Å². The van der Waals surface area contributed by atoms with Crippen LogP contribution in [0, 0.1) is 6.92 Å². The molecule has 1 aromatic carbocycles. The van der Waals surface area contributed by atoms with Crippen molar-refractivity contribution >= 4 is 39.8 Å². The van der Waals surface area contributed by atoms with Crippen molar-refractivity contribution < 1.29 is 0 Å². The number of aromatic nitrogens is 1. The Kier molecular flexibility index (Phi) is 2.72. The molecule has 1 N–H and O–H groups in total. The maximum atomic E-state index is 6.13. The van der Waals surface area contributed by atoms with Gasteiger partial charge in [-0.3, -0.25) is 4.98 Å². The molecule has 0 aliphatic rings. The van der Waals surface area contributed by atoms with Crippen molar-refractivity contribution in [3.05, 3.63) is 33.9 Å². The molecule has 78 valence electrons. The van der Waals surface area contributed by atoms with Crippen LogP contribution in [0.2, 0.25) is 10.0 Å². The van der Waals surface area contributed by atoms with Crippen LogP contribution in [-0.4, -0.2) is 12.0 Å². The van der Waals surface area contributed by atoms with Gasteiger partial charge in [-0.1, -0.05) is 23.2 Å². The maximum Gasteiger partial charge on any atom is 0.0755 e. The second-order valence-corrected chi connectivity index (χ2v) is 4.19. The van der Waals surface area contributed by atoms with Gasteiger partial charge >= 0.3 is 0 Å². The highest BCUT2D eigenvalue weighted by atomic mass is 35.5. The third kappa shape index (κ3) is 1.87. The molecule has 2 nitrogen and oxygen atoms in total. The van der Waals surface area contributed by atoms with Crippen molar-refractivity contribution in [2.45, 2.75) is 6.92 Å². The number of pyridine rings is 1. The average molecular weight is 241 g/mol. The van der Waals surface area contributed by atoms with E-state index in [0.717, 1.165) is 22.3 Å². The molecular weight excluding hydrogens is 231 g/mol. The molecule has 1 heterocycles. The zero-order chi connectivity index (χ0) is 11.0. The second kappa shape index (κ2) is 3.87. The molecule has 0 radical (unpaired) electrons. The first-order valence-corrected chi connectivity index (χ1v) is 5.31. The van der Waals surface area contributed by atoms with E-state index in [1.165, 1.54) is 0 Å². The molecule has 0 aliphatic heterocycles. The van der Waals surface area contributed by atoms with E-state index in [1.807, 2.05) is 26.1 Å². The monoisotopic (exact) mass is 240 g/mol. The van der Waals surface area contributed by atoms with Crippen molar-refractivity contribution in [2.75, 3.05) is 12.4 Å². The molecule has 0 fully saturated rings. The highest BCUT2D eigenvalue weighted by molar-refractivity contribution is 6.39. The SMILES string of the molecule is CNc1cc(C)nc2cc(Cl)cc(Cl)c12. The van der Waals surface area contributed by atoms with Crippen molar-refractivity contribution in [3.8, 4) is 0 Å². The van der Waals surface area contributed by atoms with Crippen LogP contribution in [0.15, 0.2) is 18.2 Å². The Morgan fingerprint density at radius 2 is 1.93 bits per heavy atom. The van der Waals surface area contributed by atoms with Gasteiger partial charge in [0.25, 0.3) is 0 Å². The maximum absolute atomic E-state index is 6.13. The third-order valence-corrected chi connectivity index (χ3v) is 2.74. The van der Waals surface area contributed by atoms with Crippen LogP contribution in [0.1, 0.15) is 5.69 Å². The van der Waals surface area contributed by atoms with Gasteiger partial charge in [0.05, 0.1) is 10.5 Å². The lowest BCUT2D eigenvalue weighted by Crippen LogP contribution is -1.94. The number of nitrogens with zero attached hydrogens (tertiary/aromatic N) is 1. The van der Waals surface area contributed by atoms with Gasteiger partial charge in [0, 0.05) is 28.8 Å². The summed E-state index contributed by atoms with van der Waals surface area (Å²) in [4.78, 5) is 4.40. The molecule has 0 bridgehead atoms. The summed E-state index contributed by atoms with van der Waals surface area (Å²) in [6.45, 7) is 1.94. The summed E-state index contributed by atoms with van der Waals surface area (Å²) >= 11 is 12.1. The number of halogens is 2. The van der Waals surface area contributed by atoms with E-state index < -0.39 is 0 Å². The summed E-state index contributed by atoms with van der Waals surface area (Å²) in [6, 6.07) is 5.50. The molecule has 15 heavy (non-hydrogen) atoms. The van der Waals surface area contributed by atoms with E-state index in [9.17, 15) is 0 Å². The molecule has 0 atom stereocenters. The average Bonchev–Trinajstić information content (AvgIpc) is 2.14. The van der Waals surface area contributed by atoms with E-state index in [2.05, 4.69) is 10.3 Å². The van der Waals surface area contributed by atoms with Gasteiger partial charge in [-0.05, 0) is 25.1 Å². The van der Waals surface area contributed by atoms with Crippen molar-refractivity contribution in [3.63, 3.8) is 0 Å². The zero-order valence-corrected chi connectivity index (χ0v) is 9.95. The standard InChI is InChI=1S/C11H10Cl2N2/c1-6-3-9(14-2)11-8(13)4-7(12)5-10(11)15-6/h3-5H,1-2H3,(H,14,15). The Morgan fingerprint density at radius 3 is 2.60 bits per heavy atom. The van der Waals surface area contributed by atoms with Gasteiger partial charge in [-0.15, -0.1) is 0 Å². The minimum absolute atomic E-state index is 0.604. The summed E-state index contributed by atoms with van der Waals surface area (Å²) in [6.07, 6.45) is 0. The van der Waals surface area contributed by atoms with Crippen molar-refractivity contribution in [1.29, 1.82) is 0 Å². The van der Waals surface area contributed by atoms with Gasteiger partial charge in [0.1, 0.15) is 0 Å². The van der Waals surface area contributed by atoms with Crippen LogP contribution >= 0.6 is 23.2 Å². The second-order valence-electron chi connectivity index (χ2n) is 3.34. The van der Waals surface area contributed by atoms with Gasteiger partial charge in [-0.2, -0.15) is 0 Å². The number of aryl methyl sites for hydroxylation is 1. The molecule has 2 rings (SSSR count). The lowest BCUT2D eigenvalue weighted by Gasteiger charge is -2.09. The number of rotatable bonds is 1. The lowest BCUT2D eigenvalue weighted by atomic mass is 10.1. The summed E-state index contributed by atoms with van der Waals surface area (Å²) in [5, 5.41) is 5.24. The largest absolute Gasteiger partial charge is 0.387 e. The molecule has 0 saturated carbocycles. The molecule has 0 spiro atoms. The summed E-state index contributed by atoms with van der Waals surface area (Å²) in [7, 11) is 1.86. The molecular formula is C11H10Cl2N2. The minimum Gasteiger partial charge on any atom is -0.387 e. The summed E-state index contributed by atoms with van der Waals surface area (Å²) < 4.78 is 0. The van der Waals surface area contributed by atoms with Crippen LogP contribution in [-0.2, 0) is 0 Å². The quantitative estimate of drug-likeness (QED) is 0.819. The lowest BCUT2D eigenvalue weighted by molar-refractivity contribution is 1.25. The molecule has 0 amide bonds. The molecule has 0 aliphatic carbocycles. The van der Waals surface area contributed by atoms with Gasteiger partial charge < -0.3 is 5.32 Å². The number of hydrogen-bond donors (Lipinski definition) is 1.